The van der Waals surface area contributed by atoms with Gasteiger partial charge >= 0.3 is 12.0 Å². The molecule has 8 heteroatoms. The zero-order valence-corrected chi connectivity index (χ0v) is 14.7. The summed E-state index contributed by atoms with van der Waals surface area (Å²) < 4.78 is 0. The Bertz CT molecular complexity index is 739. The fraction of sp³-hybridized carbons (Fsp3) is 0.471. The first-order valence-corrected chi connectivity index (χ1v) is 8.57. The summed E-state index contributed by atoms with van der Waals surface area (Å²) in [5, 5.41) is 12.5. The molecule has 3 amide bonds. The van der Waals surface area contributed by atoms with Crippen molar-refractivity contribution in [2.45, 2.75) is 19.8 Å². The largest absolute Gasteiger partial charge is 0.481 e. The van der Waals surface area contributed by atoms with Crippen LogP contribution < -0.4 is 10.2 Å². The number of rotatable bonds is 3. The number of urea groups is 1. The molecule has 25 heavy (non-hydrogen) atoms. The molecule has 0 aliphatic carbocycles. The molecular weight excluding hydrogens is 346 g/mol. The van der Waals surface area contributed by atoms with Crippen molar-refractivity contribution < 1.29 is 19.5 Å². The molecule has 2 aliphatic rings. The number of nitrogens with zero attached hydrogens (tertiary/aromatic N) is 2. The van der Waals surface area contributed by atoms with E-state index in [1.54, 1.807) is 30.0 Å². The first-order valence-electron chi connectivity index (χ1n) is 8.19. The van der Waals surface area contributed by atoms with Crippen molar-refractivity contribution in [3.05, 3.63) is 28.8 Å². The number of hydrogen-bond donors (Lipinski definition) is 2. The number of likely N-dealkylation sites (tertiary alicyclic amines) is 1. The summed E-state index contributed by atoms with van der Waals surface area (Å²) in [5.41, 5.74) is -0.0490. The normalized spacial score (nSPS) is 23.5. The second-order valence-corrected chi connectivity index (χ2v) is 7.15. The number of piperidine rings is 1. The van der Waals surface area contributed by atoms with E-state index in [2.05, 4.69) is 5.32 Å². The molecular formula is C17H20ClN3O4. The molecule has 2 aliphatic heterocycles. The maximum atomic E-state index is 12.8. The van der Waals surface area contributed by atoms with Crippen LogP contribution in [0.25, 0.3) is 0 Å². The Morgan fingerprint density at radius 2 is 2.08 bits per heavy atom. The molecule has 0 aromatic heterocycles. The lowest BCUT2D eigenvalue weighted by Crippen LogP contribution is -2.48. The maximum absolute atomic E-state index is 12.8. The predicted molar refractivity (Wildman–Crippen MR) is 93.1 cm³/mol. The van der Waals surface area contributed by atoms with Gasteiger partial charge in [-0.25, -0.2) is 4.79 Å². The van der Waals surface area contributed by atoms with Crippen molar-refractivity contribution in [2.75, 3.05) is 31.1 Å². The fourth-order valence-corrected chi connectivity index (χ4v) is 3.54. The Morgan fingerprint density at radius 1 is 1.32 bits per heavy atom. The minimum Gasteiger partial charge on any atom is -0.481 e. The lowest BCUT2D eigenvalue weighted by Gasteiger charge is -2.37. The molecule has 134 valence electrons. The van der Waals surface area contributed by atoms with Crippen molar-refractivity contribution >= 4 is 35.2 Å². The molecule has 2 saturated heterocycles. The first-order chi connectivity index (χ1) is 11.8. The number of aliphatic carboxylic acids is 1. The molecule has 0 saturated carbocycles. The second-order valence-electron chi connectivity index (χ2n) is 6.75. The molecule has 2 fully saturated rings. The van der Waals surface area contributed by atoms with Gasteiger partial charge in [-0.3, -0.25) is 14.5 Å². The summed E-state index contributed by atoms with van der Waals surface area (Å²) >= 11 is 6.19. The summed E-state index contributed by atoms with van der Waals surface area (Å²) in [6.07, 6.45) is 1.19. The van der Waals surface area contributed by atoms with E-state index in [4.69, 9.17) is 11.6 Å². The number of amides is 3. The average Bonchev–Trinajstić information content (AvgIpc) is 3.00. The molecule has 0 spiro atoms. The lowest BCUT2D eigenvalue weighted by atomic mass is 9.82. The second kappa shape index (κ2) is 6.55. The quantitative estimate of drug-likeness (QED) is 0.859. The molecule has 2 N–H and O–H groups in total. The number of carbonyl (C=O) groups excluding carboxylic acids is 2. The first kappa shape index (κ1) is 17.5. The van der Waals surface area contributed by atoms with Gasteiger partial charge in [0, 0.05) is 31.7 Å². The third kappa shape index (κ3) is 3.28. The zero-order valence-electron chi connectivity index (χ0n) is 13.9. The van der Waals surface area contributed by atoms with E-state index in [0.29, 0.717) is 48.7 Å². The van der Waals surface area contributed by atoms with Crippen LogP contribution >= 0.6 is 11.6 Å². The number of nitrogens with one attached hydrogen (secondary N) is 1. The van der Waals surface area contributed by atoms with Crippen LogP contribution in [0.1, 0.15) is 30.1 Å². The molecule has 1 aromatic carbocycles. The fourth-order valence-electron chi connectivity index (χ4n) is 3.32. The number of hydrogen-bond acceptors (Lipinski definition) is 3. The highest BCUT2D eigenvalue weighted by atomic mass is 35.5. The highest BCUT2D eigenvalue weighted by Crippen LogP contribution is 2.32. The molecule has 1 unspecified atom stereocenters. The standard InChI is InChI=1S/C17H20ClN3O4/c1-17(15(23)24)5-2-7-20(10-17)14(22)11-3-4-12(18)13(9-11)21-8-6-19-16(21)25/h3-4,9H,2,5-8,10H2,1H3,(H,19,25)(H,23,24). The van der Waals surface area contributed by atoms with E-state index in [1.807, 2.05) is 0 Å². The summed E-state index contributed by atoms with van der Waals surface area (Å²) in [5.74, 6) is -1.14. The number of benzene rings is 1. The topological polar surface area (TPSA) is 89.9 Å². The molecule has 3 rings (SSSR count). The van der Waals surface area contributed by atoms with Crippen molar-refractivity contribution in [3.63, 3.8) is 0 Å². The number of anilines is 1. The van der Waals surface area contributed by atoms with Crippen LogP contribution in [0.2, 0.25) is 5.02 Å². The third-order valence-corrected chi connectivity index (χ3v) is 5.16. The highest BCUT2D eigenvalue weighted by Gasteiger charge is 2.39. The Kier molecular flexibility index (Phi) is 4.60. The maximum Gasteiger partial charge on any atom is 0.322 e. The Hall–Kier alpha value is -2.28. The van der Waals surface area contributed by atoms with Crippen molar-refractivity contribution in [1.29, 1.82) is 0 Å². The van der Waals surface area contributed by atoms with Crippen molar-refractivity contribution in [3.8, 4) is 0 Å². The van der Waals surface area contributed by atoms with E-state index < -0.39 is 11.4 Å². The zero-order chi connectivity index (χ0) is 18.2. The van der Waals surface area contributed by atoms with Crippen LogP contribution in [-0.2, 0) is 4.79 Å². The van der Waals surface area contributed by atoms with Crippen LogP contribution in [0, 0.1) is 5.41 Å². The van der Waals surface area contributed by atoms with Crippen molar-refractivity contribution in [2.24, 2.45) is 5.41 Å². The van der Waals surface area contributed by atoms with Gasteiger partial charge in [0.05, 0.1) is 16.1 Å². The van der Waals surface area contributed by atoms with Crippen LogP contribution in [0.4, 0.5) is 10.5 Å². The SMILES string of the molecule is CC1(C(=O)O)CCCN(C(=O)c2ccc(Cl)c(N3CCNC3=O)c2)C1. The number of carbonyl (C=O) groups is 3. The summed E-state index contributed by atoms with van der Waals surface area (Å²) in [6.45, 7) is 3.36. The number of halogens is 1. The minimum absolute atomic E-state index is 0.170. The van der Waals surface area contributed by atoms with Crippen LogP contribution in [0.15, 0.2) is 18.2 Å². The van der Waals surface area contributed by atoms with Gasteiger partial charge in [0.1, 0.15) is 0 Å². The average molecular weight is 366 g/mol. The number of carboxylic acid groups (broad SMARTS) is 1. The summed E-state index contributed by atoms with van der Waals surface area (Å²) in [4.78, 5) is 39.3. The molecule has 0 bridgehead atoms. The summed E-state index contributed by atoms with van der Waals surface area (Å²) in [6, 6.07) is 4.55. The Balaban J connectivity index is 1.85. The van der Waals surface area contributed by atoms with Gasteiger partial charge in [-0.1, -0.05) is 11.6 Å². The smallest absolute Gasteiger partial charge is 0.322 e. The van der Waals surface area contributed by atoms with Gasteiger partial charge in [0.2, 0.25) is 0 Å². The van der Waals surface area contributed by atoms with Gasteiger partial charge in [-0.15, -0.1) is 0 Å². The van der Waals surface area contributed by atoms with E-state index in [0.717, 1.165) is 0 Å². The third-order valence-electron chi connectivity index (χ3n) is 4.84. The van der Waals surface area contributed by atoms with Gasteiger partial charge in [0.15, 0.2) is 0 Å². The van der Waals surface area contributed by atoms with Gasteiger partial charge in [-0.05, 0) is 38.0 Å². The van der Waals surface area contributed by atoms with Crippen LogP contribution in [0.5, 0.6) is 0 Å². The van der Waals surface area contributed by atoms with E-state index in [9.17, 15) is 19.5 Å². The molecule has 1 aromatic rings. The van der Waals surface area contributed by atoms with Crippen LogP contribution in [-0.4, -0.2) is 54.1 Å². The molecule has 2 heterocycles. The lowest BCUT2D eigenvalue weighted by molar-refractivity contribution is -0.150. The molecule has 0 radical (unpaired) electrons. The van der Waals surface area contributed by atoms with E-state index in [1.165, 1.54) is 4.90 Å². The van der Waals surface area contributed by atoms with Crippen molar-refractivity contribution in [1.82, 2.24) is 10.2 Å². The summed E-state index contributed by atoms with van der Waals surface area (Å²) in [7, 11) is 0. The number of carboxylic acids is 1. The van der Waals surface area contributed by atoms with Gasteiger partial charge in [0.25, 0.3) is 5.91 Å². The highest BCUT2D eigenvalue weighted by molar-refractivity contribution is 6.34. The predicted octanol–water partition coefficient (Wildman–Crippen LogP) is 2.20. The Morgan fingerprint density at radius 3 is 2.72 bits per heavy atom. The van der Waals surface area contributed by atoms with Gasteiger partial charge in [-0.2, -0.15) is 0 Å². The molecule has 1 atom stereocenters. The monoisotopic (exact) mass is 365 g/mol. The van der Waals surface area contributed by atoms with E-state index in [-0.39, 0.29) is 18.5 Å². The minimum atomic E-state index is -0.933. The van der Waals surface area contributed by atoms with E-state index >= 15 is 0 Å². The van der Waals surface area contributed by atoms with Gasteiger partial charge < -0.3 is 15.3 Å². The van der Waals surface area contributed by atoms with Crippen LogP contribution in [0.3, 0.4) is 0 Å². The molecule has 7 nitrogen and oxygen atoms in total. The Labute approximate surface area is 150 Å².